The zero-order chi connectivity index (χ0) is 13.6. The van der Waals surface area contributed by atoms with Crippen LogP contribution >= 0.6 is 0 Å². The fourth-order valence-corrected chi connectivity index (χ4v) is 2.35. The van der Waals surface area contributed by atoms with Crippen molar-refractivity contribution in [2.24, 2.45) is 0 Å². The molecule has 2 aromatic carbocycles. The van der Waals surface area contributed by atoms with Gasteiger partial charge in [0, 0.05) is 0 Å². The Hall–Kier alpha value is -2.36. The van der Waals surface area contributed by atoms with Crippen molar-refractivity contribution in [2.75, 3.05) is 5.73 Å². The van der Waals surface area contributed by atoms with Crippen LogP contribution in [-0.2, 0) is 0 Å². The minimum atomic E-state index is -0.299. The summed E-state index contributed by atoms with van der Waals surface area (Å²) in [5.74, 6) is 0.000347. The third-order valence-electron chi connectivity index (χ3n) is 3.25. The summed E-state index contributed by atoms with van der Waals surface area (Å²) in [4.78, 5) is 4.31. The summed E-state index contributed by atoms with van der Waals surface area (Å²) in [6, 6.07) is 10.8. The number of aryl methyl sites for hydroxylation is 2. The van der Waals surface area contributed by atoms with Crippen LogP contribution in [0, 0.1) is 19.7 Å². The number of fused-ring (bicyclic) bond motifs is 1. The van der Waals surface area contributed by atoms with Crippen LogP contribution < -0.4 is 5.73 Å². The zero-order valence-electron chi connectivity index (χ0n) is 10.8. The molecule has 0 aliphatic rings. The number of halogens is 1. The summed E-state index contributed by atoms with van der Waals surface area (Å²) in [7, 11) is 0. The quantitative estimate of drug-likeness (QED) is 0.724. The lowest BCUT2D eigenvalue weighted by molar-refractivity contribution is 0.618. The smallest absolute Gasteiger partial charge is 0.206 e. The fourth-order valence-electron chi connectivity index (χ4n) is 2.35. The number of rotatable bonds is 1. The van der Waals surface area contributed by atoms with Crippen molar-refractivity contribution in [3.8, 4) is 5.69 Å². The van der Waals surface area contributed by atoms with Crippen molar-refractivity contribution in [2.45, 2.75) is 13.8 Å². The molecular weight excluding hydrogens is 241 g/mol. The number of imidazole rings is 1. The lowest BCUT2D eigenvalue weighted by Crippen LogP contribution is -2.04. The fraction of sp³-hybridized carbons (Fsp3) is 0.133. The van der Waals surface area contributed by atoms with Gasteiger partial charge in [0.25, 0.3) is 0 Å². The van der Waals surface area contributed by atoms with Crippen molar-refractivity contribution in [1.29, 1.82) is 0 Å². The number of hydrogen-bond acceptors (Lipinski definition) is 2. The number of nitrogens with two attached hydrogens (primary N) is 1. The topological polar surface area (TPSA) is 43.8 Å². The Balaban J connectivity index is 2.40. The van der Waals surface area contributed by atoms with E-state index in [0.717, 1.165) is 22.2 Å². The molecule has 19 heavy (non-hydrogen) atoms. The zero-order valence-corrected chi connectivity index (χ0v) is 10.8. The van der Waals surface area contributed by atoms with E-state index in [1.807, 2.05) is 38.1 Å². The minimum Gasteiger partial charge on any atom is -0.369 e. The normalized spacial score (nSPS) is 11.1. The van der Waals surface area contributed by atoms with E-state index in [9.17, 15) is 4.39 Å². The molecule has 0 fully saturated rings. The predicted molar refractivity (Wildman–Crippen MR) is 74.9 cm³/mol. The van der Waals surface area contributed by atoms with Gasteiger partial charge in [-0.2, -0.15) is 0 Å². The summed E-state index contributed by atoms with van der Waals surface area (Å²) in [6.07, 6.45) is 0. The summed E-state index contributed by atoms with van der Waals surface area (Å²) in [5.41, 5.74) is 9.94. The molecule has 1 aromatic heterocycles. The number of anilines is 1. The Morgan fingerprint density at radius 2 is 1.95 bits per heavy atom. The standard InChI is InChI=1S/C15H14FN3/c1-9-6-7-13-12(8-9)18-15(17)19(13)14-10(2)4-3-5-11(14)16/h3-8H,1-2H3,(H2,17,18). The Morgan fingerprint density at radius 1 is 1.16 bits per heavy atom. The molecule has 96 valence electrons. The van der Waals surface area contributed by atoms with E-state index in [0.29, 0.717) is 11.6 Å². The van der Waals surface area contributed by atoms with Crippen LogP contribution in [0.25, 0.3) is 16.7 Å². The van der Waals surface area contributed by atoms with E-state index in [1.165, 1.54) is 6.07 Å². The van der Waals surface area contributed by atoms with Gasteiger partial charge in [-0.1, -0.05) is 18.2 Å². The van der Waals surface area contributed by atoms with E-state index in [1.54, 1.807) is 10.6 Å². The molecule has 0 saturated heterocycles. The highest BCUT2D eigenvalue weighted by Crippen LogP contribution is 2.27. The predicted octanol–water partition coefficient (Wildman–Crippen LogP) is 3.36. The highest BCUT2D eigenvalue weighted by Gasteiger charge is 2.15. The highest BCUT2D eigenvalue weighted by molar-refractivity contribution is 5.81. The summed E-state index contributed by atoms with van der Waals surface area (Å²) in [5, 5.41) is 0. The highest BCUT2D eigenvalue weighted by atomic mass is 19.1. The van der Waals surface area contributed by atoms with Gasteiger partial charge in [-0.05, 0) is 43.2 Å². The maximum absolute atomic E-state index is 14.1. The van der Waals surface area contributed by atoms with Crippen LogP contribution in [0.2, 0.25) is 0 Å². The molecule has 2 N–H and O–H groups in total. The van der Waals surface area contributed by atoms with E-state index in [4.69, 9.17) is 5.73 Å². The SMILES string of the molecule is Cc1ccc2c(c1)nc(N)n2-c1c(C)cccc1F. The molecule has 4 heteroatoms. The second-order valence-electron chi connectivity index (χ2n) is 4.70. The van der Waals surface area contributed by atoms with Crippen LogP contribution in [-0.4, -0.2) is 9.55 Å². The van der Waals surface area contributed by atoms with E-state index >= 15 is 0 Å². The lowest BCUT2D eigenvalue weighted by atomic mass is 10.1. The molecule has 0 bridgehead atoms. The summed E-state index contributed by atoms with van der Waals surface area (Å²) in [6.45, 7) is 3.85. The number of aromatic nitrogens is 2. The Labute approximate surface area is 110 Å². The van der Waals surface area contributed by atoms with Crippen molar-refractivity contribution < 1.29 is 4.39 Å². The Bertz CT molecular complexity index is 754. The number of hydrogen-bond donors (Lipinski definition) is 1. The van der Waals surface area contributed by atoms with E-state index < -0.39 is 0 Å². The largest absolute Gasteiger partial charge is 0.369 e. The van der Waals surface area contributed by atoms with Crippen molar-refractivity contribution in [3.05, 3.63) is 53.3 Å². The monoisotopic (exact) mass is 255 g/mol. The Kier molecular flexibility index (Phi) is 2.52. The maximum atomic E-state index is 14.1. The third-order valence-corrected chi connectivity index (χ3v) is 3.25. The molecule has 3 rings (SSSR count). The molecule has 0 aliphatic carbocycles. The average Bonchev–Trinajstić information content (AvgIpc) is 2.65. The summed E-state index contributed by atoms with van der Waals surface area (Å²) >= 11 is 0. The van der Waals surface area contributed by atoms with Gasteiger partial charge in [0.15, 0.2) is 0 Å². The maximum Gasteiger partial charge on any atom is 0.206 e. The van der Waals surface area contributed by atoms with Crippen molar-refractivity contribution >= 4 is 17.0 Å². The molecule has 3 aromatic rings. The van der Waals surface area contributed by atoms with Gasteiger partial charge in [0.05, 0.1) is 16.7 Å². The van der Waals surface area contributed by atoms with Crippen molar-refractivity contribution in [3.63, 3.8) is 0 Å². The van der Waals surface area contributed by atoms with Crippen molar-refractivity contribution in [1.82, 2.24) is 9.55 Å². The minimum absolute atomic E-state index is 0.299. The number of para-hydroxylation sites is 1. The van der Waals surface area contributed by atoms with Gasteiger partial charge in [-0.25, -0.2) is 9.37 Å². The van der Waals surface area contributed by atoms with Crippen LogP contribution in [0.3, 0.4) is 0 Å². The second kappa shape index (κ2) is 4.09. The molecule has 0 aliphatic heterocycles. The molecule has 3 nitrogen and oxygen atoms in total. The van der Waals surface area contributed by atoms with Crippen LogP contribution in [0.15, 0.2) is 36.4 Å². The van der Waals surface area contributed by atoms with Gasteiger partial charge in [-0.3, -0.25) is 4.57 Å². The van der Waals surface area contributed by atoms with Crippen LogP contribution in [0.1, 0.15) is 11.1 Å². The molecule has 0 unspecified atom stereocenters. The Morgan fingerprint density at radius 3 is 2.68 bits per heavy atom. The first-order chi connectivity index (χ1) is 9.08. The van der Waals surface area contributed by atoms with E-state index in [2.05, 4.69) is 4.98 Å². The number of nitrogen functional groups attached to an aromatic ring is 1. The molecule has 1 heterocycles. The van der Waals surface area contributed by atoms with Gasteiger partial charge in [-0.15, -0.1) is 0 Å². The van der Waals surface area contributed by atoms with Gasteiger partial charge in [0.1, 0.15) is 5.82 Å². The molecular formula is C15H14FN3. The van der Waals surface area contributed by atoms with E-state index in [-0.39, 0.29) is 5.82 Å². The molecule has 0 spiro atoms. The van der Waals surface area contributed by atoms with Crippen LogP contribution in [0.5, 0.6) is 0 Å². The first kappa shape index (κ1) is 11.7. The van der Waals surface area contributed by atoms with Crippen LogP contribution in [0.4, 0.5) is 10.3 Å². The number of nitrogens with zero attached hydrogens (tertiary/aromatic N) is 2. The lowest BCUT2D eigenvalue weighted by Gasteiger charge is -2.11. The third kappa shape index (κ3) is 1.76. The summed E-state index contributed by atoms with van der Waals surface area (Å²) < 4.78 is 15.8. The second-order valence-corrected chi connectivity index (χ2v) is 4.70. The van der Waals surface area contributed by atoms with Gasteiger partial charge < -0.3 is 5.73 Å². The number of benzene rings is 2. The first-order valence-electron chi connectivity index (χ1n) is 6.08. The van der Waals surface area contributed by atoms with Gasteiger partial charge in [0.2, 0.25) is 5.95 Å². The molecule has 0 amide bonds. The first-order valence-corrected chi connectivity index (χ1v) is 6.08. The molecule has 0 atom stereocenters. The van der Waals surface area contributed by atoms with Gasteiger partial charge >= 0.3 is 0 Å². The molecule has 0 saturated carbocycles. The molecule has 0 radical (unpaired) electrons. The average molecular weight is 255 g/mol.